The summed E-state index contributed by atoms with van der Waals surface area (Å²) in [4.78, 5) is 5.32. The normalized spacial score (nSPS) is 10.7. The summed E-state index contributed by atoms with van der Waals surface area (Å²) in [5.41, 5.74) is 7.65. The maximum Gasteiger partial charge on any atom is 0.260 e. The molecule has 0 unspecified atom stereocenters. The van der Waals surface area contributed by atoms with Crippen LogP contribution in [-0.4, -0.2) is 4.98 Å². The van der Waals surface area contributed by atoms with Crippen LogP contribution in [0.25, 0.3) is 0 Å². The van der Waals surface area contributed by atoms with Gasteiger partial charge in [-0.3, -0.25) is 0 Å². The van der Waals surface area contributed by atoms with Crippen molar-refractivity contribution in [3.05, 3.63) is 40.2 Å². The summed E-state index contributed by atoms with van der Waals surface area (Å²) in [5, 5.41) is 0.644. The zero-order valence-electron chi connectivity index (χ0n) is 8.74. The second-order valence-electron chi connectivity index (χ2n) is 3.31. The van der Waals surface area contributed by atoms with Gasteiger partial charge >= 0.3 is 0 Å². The van der Waals surface area contributed by atoms with Crippen LogP contribution in [0.15, 0.2) is 43.5 Å². The first-order valence-corrected chi connectivity index (χ1v) is 6.38. The van der Waals surface area contributed by atoms with E-state index in [1.54, 1.807) is 6.26 Å². The molecule has 0 aliphatic rings. The van der Waals surface area contributed by atoms with Crippen molar-refractivity contribution in [2.75, 3.05) is 0 Å². The molecule has 2 N–H and O–H groups in total. The number of aromatic nitrogens is 1. The minimum absolute atomic E-state index is 0.509. The van der Waals surface area contributed by atoms with Crippen LogP contribution in [0.2, 0.25) is 0 Å². The summed E-state index contributed by atoms with van der Waals surface area (Å²) < 4.78 is 6.33. The Kier molecular flexibility index (Phi) is 3.68. The van der Waals surface area contributed by atoms with Gasteiger partial charge in [-0.25, -0.2) is 4.98 Å². The van der Waals surface area contributed by atoms with Crippen molar-refractivity contribution in [1.29, 1.82) is 0 Å². The van der Waals surface area contributed by atoms with E-state index in [0.29, 0.717) is 11.8 Å². The topological polar surface area (TPSA) is 52.0 Å². The highest BCUT2D eigenvalue weighted by Crippen LogP contribution is 2.31. The Hall–Kier alpha value is -0.780. The van der Waals surface area contributed by atoms with Gasteiger partial charge in [-0.1, -0.05) is 22.0 Å². The first-order chi connectivity index (χ1) is 7.69. The number of hydrogen-bond acceptors (Lipinski definition) is 4. The standard InChI is InChI=1S/C11H11BrN2OS/c1-7-6-15-11(14-7)16-10-4-9(12)3-2-8(10)5-13/h2-4,6H,5,13H2,1H3. The Balaban J connectivity index is 2.29. The van der Waals surface area contributed by atoms with Gasteiger partial charge in [-0.05, 0) is 36.4 Å². The van der Waals surface area contributed by atoms with Gasteiger partial charge in [0.05, 0.1) is 5.69 Å². The predicted molar refractivity (Wildman–Crippen MR) is 67.4 cm³/mol. The van der Waals surface area contributed by atoms with Crippen LogP contribution >= 0.6 is 27.7 Å². The molecule has 84 valence electrons. The van der Waals surface area contributed by atoms with Crippen LogP contribution in [0.5, 0.6) is 0 Å². The molecule has 0 radical (unpaired) electrons. The fraction of sp³-hybridized carbons (Fsp3) is 0.182. The van der Waals surface area contributed by atoms with Crippen LogP contribution in [0.4, 0.5) is 0 Å². The minimum Gasteiger partial charge on any atom is -0.439 e. The third kappa shape index (κ3) is 2.66. The summed E-state index contributed by atoms with van der Waals surface area (Å²) >= 11 is 4.92. The van der Waals surface area contributed by atoms with E-state index in [0.717, 1.165) is 20.6 Å². The van der Waals surface area contributed by atoms with Crippen molar-refractivity contribution in [3.63, 3.8) is 0 Å². The highest BCUT2D eigenvalue weighted by molar-refractivity contribution is 9.10. The van der Waals surface area contributed by atoms with Crippen LogP contribution < -0.4 is 5.73 Å². The first-order valence-electron chi connectivity index (χ1n) is 4.77. The number of halogens is 1. The van der Waals surface area contributed by atoms with Gasteiger partial charge in [0, 0.05) is 15.9 Å². The van der Waals surface area contributed by atoms with Crippen LogP contribution in [0.1, 0.15) is 11.3 Å². The lowest BCUT2D eigenvalue weighted by molar-refractivity contribution is 0.454. The molecule has 2 rings (SSSR count). The Labute approximate surface area is 107 Å². The van der Waals surface area contributed by atoms with Gasteiger partial charge in [0.2, 0.25) is 0 Å². The molecule has 1 aromatic carbocycles. The van der Waals surface area contributed by atoms with Crippen molar-refractivity contribution in [3.8, 4) is 0 Å². The highest BCUT2D eigenvalue weighted by atomic mass is 79.9. The molecule has 0 saturated carbocycles. The fourth-order valence-electron chi connectivity index (χ4n) is 1.27. The predicted octanol–water partition coefficient (Wildman–Crippen LogP) is 3.36. The van der Waals surface area contributed by atoms with Crippen molar-refractivity contribution < 1.29 is 4.42 Å². The average Bonchev–Trinajstić information content (AvgIpc) is 2.64. The van der Waals surface area contributed by atoms with E-state index in [1.165, 1.54) is 11.8 Å². The second-order valence-corrected chi connectivity index (χ2v) is 5.22. The molecule has 0 atom stereocenters. The van der Waals surface area contributed by atoms with Crippen molar-refractivity contribution in [1.82, 2.24) is 4.98 Å². The molecule has 3 nitrogen and oxygen atoms in total. The minimum atomic E-state index is 0.509. The van der Waals surface area contributed by atoms with Gasteiger partial charge in [0.1, 0.15) is 6.26 Å². The third-order valence-electron chi connectivity index (χ3n) is 2.04. The average molecular weight is 299 g/mol. The largest absolute Gasteiger partial charge is 0.439 e. The Morgan fingerprint density at radius 1 is 1.50 bits per heavy atom. The molecule has 1 aromatic heterocycles. The molecule has 0 bridgehead atoms. The second kappa shape index (κ2) is 5.03. The van der Waals surface area contributed by atoms with E-state index >= 15 is 0 Å². The Morgan fingerprint density at radius 2 is 2.31 bits per heavy atom. The number of benzene rings is 1. The van der Waals surface area contributed by atoms with Crippen molar-refractivity contribution >= 4 is 27.7 Å². The SMILES string of the molecule is Cc1coc(Sc2cc(Br)ccc2CN)n1. The number of nitrogens with two attached hydrogens (primary N) is 1. The highest BCUT2D eigenvalue weighted by Gasteiger charge is 2.08. The van der Waals surface area contributed by atoms with Gasteiger partial charge < -0.3 is 10.2 Å². The van der Waals surface area contributed by atoms with Crippen LogP contribution in [0.3, 0.4) is 0 Å². The molecule has 0 fully saturated rings. The Bertz CT molecular complexity index is 498. The van der Waals surface area contributed by atoms with Crippen molar-refractivity contribution in [2.45, 2.75) is 23.6 Å². The lowest BCUT2D eigenvalue weighted by atomic mass is 10.2. The number of aryl methyl sites for hydroxylation is 1. The van der Waals surface area contributed by atoms with E-state index in [4.69, 9.17) is 10.2 Å². The van der Waals surface area contributed by atoms with E-state index in [1.807, 2.05) is 25.1 Å². The number of hydrogen-bond donors (Lipinski definition) is 1. The summed E-state index contributed by atoms with van der Waals surface area (Å²) in [6, 6.07) is 6.00. The lowest BCUT2D eigenvalue weighted by Gasteiger charge is -2.05. The Morgan fingerprint density at radius 3 is 2.94 bits per heavy atom. The van der Waals surface area contributed by atoms with Crippen molar-refractivity contribution in [2.24, 2.45) is 5.73 Å². The van der Waals surface area contributed by atoms with E-state index in [9.17, 15) is 0 Å². The molecule has 0 amide bonds. The summed E-state index contributed by atoms with van der Waals surface area (Å²) in [6.45, 7) is 2.41. The maximum absolute atomic E-state index is 5.68. The molecule has 2 aromatic rings. The zero-order valence-corrected chi connectivity index (χ0v) is 11.1. The molecule has 0 saturated heterocycles. The summed E-state index contributed by atoms with van der Waals surface area (Å²) in [6.07, 6.45) is 1.64. The molecule has 16 heavy (non-hydrogen) atoms. The van der Waals surface area contributed by atoms with Crippen LogP contribution in [-0.2, 0) is 6.54 Å². The zero-order chi connectivity index (χ0) is 11.5. The monoisotopic (exact) mass is 298 g/mol. The number of oxazole rings is 1. The molecular weight excluding hydrogens is 288 g/mol. The van der Waals surface area contributed by atoms with E-state index < -0.39 is 0 Å². The molecule has 0 spiro atoms. The molecule has 0 aliphatic carbocycles. The quantitative estimate of drug-likeness (QED) is 0.944. The molecular formula is C11H11BrN2OS. The van der Waals surface area contributed by atoms with Gasteiger partial charge in [0.25, 0.3) is 5.22 Å². The van der Waals surface area contributed by atoms with Crippen LogP contribution in [0, 0.1) is 6.92 Å². The summed E-state index contributed by atoms with van der Waals surface area (Å²) in [5.74, 6) is 0. The number of rotatable bonds is 3. The number of nitrogens with zero attached hydrogens (tertiary/aromatic N) is 1. The molecule has 0 aliphatic heterocycles. The van der Waals surface area contributed by atoms with Gasteiger partial charge in [-0.15, -0.1) is 0 Å². The summed E-state index contributed by atoms with van der Waals surface area (Å²) in [7, 11) is 0. The van der Waals surface area contributed by atoms with E-state index in [-0.39, 0.29) is 0 Å². The molecule has 1 heterocycles. The fourth-order valence-corrected chi connectivity index (χ4v) is 2.72. The first kappa shape index (κ1) is 11.7. The smallest absolute Gasteiger partial charge is 0.260 e. The van der Waals surface area contributed by atoms with Gasteiger partial charge in [-0.2, -0.15) is 0 Å². The van der Waals surface area contributed by atoms with E-state index in [2.05, 4.69) is 20.9 Å². The molecule has 5 heteroatoms. The maximum atomic E-state index is 5.68. The third-order valence-corrected chi connectivity index (χ3v) is 3.50. The lowest BCUT2D eigenvalue weighted by Crippen LogP contribution is -1.98. The van der Waals surface area contributed by atoms with Gasteiger partial charge in [0.15, 0.2) is 0 Å².